The Bertz CT molecular complexity index is 534. The molecule has 18 heavy (non-hydrogen) atoms. The van der Waals surface area contributed by atoms with Gasteiger partial charge in [-0.15, -0.1) is 11.3 Å². The van der Waals surface area contributed by atoms with Crippen molar-refractivity contribution in [2.24, 2.45) is 0 Å². The number of nitrogens with zero attached hydrogens (tertiary/aromatic N) is 1. The second kappa shape index (κ2) is 5.50. The van der Waals surface area contributed by atoms with Crippen molar-refractivity contribution in [2.75, 3.05) is 0 Å². The molecule has 3 nitrogen and oxygen atoms in total. The van der Waals surface area contributed by atoms with Crippen LogP contribution in [0.15, 0.2) is 29.6 Å². The highest BCUT2D eigenvalue weighted by Crippen LogP contribution is 2.19. The van der Waals surface area contributed by atoms with E-state index in [1.807, 2.05) is 31.4 Å². The van der Waals surface area contributed by atoms with E-state index in [1.165, 1.54) is 0 Å². The standard InChI is InChI=1S/C13H13ClN2OS/c1-8-6-10(7-12(14)15-8)13(17)16-9(2)11-4-3-5-18-11/h3-7,9H,1-2H3,(H,16,17). The number of thiophene rings is 1. The molecule has 0 spiro atoms. The maximum atomic E-state index is 12.1. The fourth-order valence-electron chi connectivity index (χ4n) is 1.65. The van der Waals surface area contributed by atoms with Gasteiger partial charge in [0.15, 0.2) is 0 Å². The molecule has 1 amide bonds. The predicted molar refractivity (Wildman–Crippen MR) is 74.2 cm³/mol. The number of carbonyl (C=O) groups excluding carboxylic acids is 1. The van der Waals surface area contributed by atoms with E-state index in [2.05, 4.69) is 10.3 Å². The SMILES string of the molecule is Cc1cc(C(=O)NC(C)c2cccs2)cc(Cl)n1. The Labute approximate surface area is 115 Å². The molecule has 0 aliphatic heterocycles. The highest BCUT2D eigenvalue weighted by molar-refractivity contribution is 7.10. The first kappa shape index (κ1) is 13.1. The molecule has 0 aliphatic rings. The molecule has 2 aromatic rings. The van der Waals surface area contributed by atoms with Gasteiger partial charge in [0.2, 0.25) is 0 Å². The number of carbonyl (C=O) groups is 1. The zero-order valence-electron chi connectivity index (χ0n) is 10.1. The first-order valence-corrected chi connectivity index (χ1v) is 6.80. The van der Waals surface area contributed by atoms with E-state index in [-0.39, 0.29) is 11.9 Å². The Balaban J connectivity index is 2.12. The van der Waals surface area contributed by atoms with E-state index in [1.54, 1.807) is 23.5 Å². The van der Waals surface area contributed by atoms with Crippen LogP contribution >= 0.6 is 22.9 Å². The molecule has 1 atom stereocenters. The van der Waals surface area contributed by atoms with Gasteiger partial charge >= 0.3 is 0 Å². The fourth-order valence-corrected chi connectivity index (χ4v) is 2.63. The lowest BCUT2D eigenvalue weighted by molar-refractivity contribution is 0.0940. The summed E-state index contributed by atoms with van der Waals surface area (Å²) in [5.74, 6) is -0.136. The summed E-state index contributed by atoms with van der Waals surface area (Å²) in [5.41, 5.74) is 1.27. The number of nitrogens with one attached hydrogen (secondary N) is 1. The molecule has 2 rings (SSSR count). The Morgan fingerprint density at radius 2 is 2.28 bits per heavy atom. The number of aromatic nitrogens is 1. The van der Waals surface area contributed by atoms with Crippen LogP contribution in [-0.2, 0) is 0 Å². The van der Waals surface area contributed by atoms with Gasteiger partial charge in [-0.25, -0.2) is 4.98 Å². The van der Waals surface area contributed by atoms with Crippen LogP contribution in [0.5, 0.6) is 0 Å². The maximum absolute atomic E-state index is 12.1. The number of pyridine rings is 1. The minimum atomic E-state index is -0.136. The number of aryl methyl sites for hydroxylation is 1. The van der Waals surface area contributed by atoms with E-state index in [0.29, 0.717) is 10.7 Å². The van der Waals surface area contributed by atoms with Crippen LogP contribution in [0.1, 0.15) is 33.9 Å². The number of amides is 1. The zero-order chi connectivity index (χ0) is 13.1. The van der Waals surface area contributed by atoms with Crippen molar-refractivity contribution in [3.63, 3.8) is 0 Å². The molecule has 5 heteroatoms. The summed E-state index contributed by atoms with van der Waals surface area (Å²) in [6, 6.07) is 7.26. The Hall–Kier alpha value is -1.39. The van der Waals surface area contributed by atoms with E-state index < -0.39 is 0 Å². The quantitative estimate of drug-likeness (QED) is 0.873. The summed E-state index contributed by atoms with van der Waals surface area (Å²) < 4.78 is 0. The summed E-state index contributed by atoms with van der Waals surface area (Å²) in [5, 5.41) is 5.27. The molecule has 0 saturated heterocycles. The monoisotopic (exact) mass is 280 g/mol. The molecule has 0 fully saturated rings. The largest absolute Gasteiger partial charge is 0.345 e. The van der Waals surface area contributed by atoms with Crippen molar-refractivity contribution in [2.45, 2.75) is 19.9 Å². The molecule has 0 saturated carbocycles. The highest BCUT2D eigenvalue weighted by Gasteiger charge is 2.13. The van der Waals surface area contributed by atoms with Gasteiger partial charge < -0.3 is 5.32 Å². The van der Waals surface area contributed by atoms with Gasteiger partial charge in [0.1, 0.15) is 5.15 Å². The Kier molecular flexibility index (Phi) is 3.99. The third kappa shape index (κ3) is 3.09. The first-order valence-electron chi connectivity index (χ1n) is 5.54. The topological polar surface area (TPSA) is 42.0 Å². The van der Waals surface area contributed by atoms with Gasteiger partial charge in [0, 0.05) is 16.1 Å². The van der Waals surface area contributed by atoms with Crippen molar-refractivity contribution in [3.05, 3.63) is 50.9 Å². The van der Waals surface area contributed by atoms with E-state index in [4.69, 9.17) is 11.6 Å². The molecule has 2 heterocycles. The second-order valence-corrected chi connectivity index (χ2v) is 5.40. The van der Waals surface area contributed by atoms with Crippen LogP contribution in [0, 0.1) is 6.92 Å². The second-order valence-electron chi connectivity index (χ2n) is 4.03. The van der Waals surface area contributed by atoms with Gasteiger partial charge in [-0.3, -0.25) is 4.79 Å². The summed E-state index contributed by atoms with van der Waals surface area (Å²) in [7, 11) is 0. The Morgan fingerprint density at radius 3 is 2.89 bits per heavy atom. The normalized spacial score (nSPS) is 12.2. The highest BCUT2D eigenvalue weighted by atomic mass is 35.5. The van der Waals surface area contributed by atoms with Crippen LogP contribution in [-0.4, -0.2) is 10.9 Å². The van der Waals surface area contributed by atoms with Crippen LogP contribution < -0.4 is 5.32 Å². The third-order valence-corrected chi connectivity index (χ3v) is 3.75. The van der Waals surface area contributed by atoms with Gasteiger partial charge in [-0.05, 0) is 37.4 Å². The smallest absolute Gasteiger partial charge is 0.251 e. The van der Waals surface area contributed by atoms with E-state index in [0.717, 1.165) is 10.6 Å². The van der Waals surface area contributed by atoms with Crippen molar-refractivity contribution >= 4 is 28.8 Å². The molecular formula is C13H13ClN2OS. The average Bonchev–Trinajstić information content (AvgIpc) is 2.80. The minimum Gasteiger partial charge on any atom is -0.345 e. The van der Waals surface area contributed by atoms with Gasteiger partial charge in [0.25, 0.3) is 5.91 Å². The van der Waals surface area contributed by atoms with Crippen molar-refractivity contribution in [1.29, 1.82) is 0 Å². The summed E-state index contributed by atoms with van der Waals surface area (Å²) in [6.07, 6.45) is 0. The van der Waals surface area contributed by atoms with Gasteiger partial charge in [0.05, 0.1) is 6.04 Å². The number of halogens is 1. The molecule has 0 aliphatic carbocycles. The van der Waals surface area contributed by atoms with Crippen molar-refractivity contribution in [3.8, 4) is 0 Å². The minimum absolute atomic E-state index is 0.00949. The number of hydrogen-bond acceptors (Lipinski definition) is 3. The molecule has 2 aromatic heterocycles. The summed E-state index contributed by atoms with van der Waals surface area (Å²) in [6.45, 7) is 3.77. The molecule has 1 unspecified atom stereocenters. The molecule has 0 radical (unpaired) electrons. The molecule has 1 N–H and O–H groups in total. The Morgan fingerprint density at radius 1 is 1.50 bits per heavy atom. The predicted octanol–water partition coefficient (Wildman–Crippen LogP) is 3.60. The van der Waals surface area contributed by atoms with Crippen LogP contribution in [0.2, 0.25) is 5.15 Å². The van der Waals surface area contributed by atoms with E-state index >= 15 is 0 Å². The lowest BCUT2D eigenvalue weighted by Crippen LogP contribution is -2.26. The van der Waals surface area contributed by atoms with Crippen LogP contribution in [0.4, 0.5) is 0 Å². The van der Waals surface area contributed by atoms with E-state index in [9.17, 15) is 4.79 Å². The molecule has 94 valence electrons. The summed E-state index contributed by atoms with van der Waals surface area (Å²) >= 11 is 7.46. The van der Waals surface area contributed by atoms with Gasteiger partial charge in [-0.2, -0.15) is 0 Å². The number of rotatable bonds is 3. The molecule has 0 aromatic carbocycles. The fraction of sp³-hybridized carbons (Fsp3) is 0.231. The average molecular weight is 281 g/mol. The zero-order valence-corrected chi connectivity index (χ0v) is 11.7. The van der Waals surface area contributed by atoms with Crippen LogP contribution in [0.25, 0.3) is 0 Å². The lowest BCUT2D eigenvalue weighted by atomic mass is 10.2. The summed E-state index contributed by atoms with van der Waals surface area (Å²) in [4.78, 5) is 17.2. The maximum Gasteiger partial charge on any atom is 0.251 e. The lowest BCUT2D eigenvalue weighted by Gasteiger charge is -2.12. The first-order chi connectivity index (χ1) is 8.56. The molecular weight excluding hydrogens is 268 g/mol. The van der Waals surface area contributed by atoms with Crippen molar-refractivity contribution < 1.29 is 4.79 Å². The number of hydrogen-bond donors (Lipinski definition) is 1. The van der Waals surface area contributed by atoms with Crippen molar-refractivity contribution in [1.82, 2.24) is 10.3 Å². The third-order valence-electron chi connectivity index (χ3n) is 2.50. The molecule has 0 bridgehead atoms. The van der Waals surface area contributed by atoms with Gasteiger partial charge in [-0.1, -0.05) is 17.7 Å². The van der Waals surface area contributed by atoms with Crippen LogP contribution in [0.3, 0.4) is 0 Å².